The first kappa shape index (κ1) is 22.3. The van der Waals surface area contributed by atoms with Gasteiger partial charge in [-0.15, -0.1) is 0 Å². The average molecular weight is 399 g/mol. The molecule has 7 heteroatoms. The van der Waals surface area contributed by atoms with Gasteiger partial charge in [0.1, 0.15) is 17.4 Å². The third-order valence-corrected chi connectivity index (χ3v) is 4.46. The average Bonchev–Trinajstić information content (AvgIpc) is 3.14. The van der Waals surface area contributed by atoms with Crippen molar-refractivity contribution in [2.45, 2.75) is 57.7 Å². The maximum Gasteiger partial charge on any atom is 0.408 e. The van der Waals surface area contributed by atoms with Crippen LogP contribution in [0.15, 0.2) is 30.3 Å². The van der Waals surface area contributed by atoms with E-state index in [-0.39, 0.29) is 12.3 Å². The number of carbonyl (C=O) groups excluding carboxylic acids is 2. The molecule has 1 N–H and O–H groups in total. The van der Waals surface area contributed by atoms with Crippen molar-refractivity contribution >= 4 is 18.1 Å². The summed E-state index contributed by atoms with van der Waals surface area (Å²) >= 11 is 0. The molecule has 1 fully saturated rings. The molecule has 1 saturated heterocycles. The number of rotatable bonds is 6. The molecule has 0 aliphatic carbocycles. The van der Waals surface area contributed by atoms with Crippen LogP contribution in [0.1, 0.15) is 45.6 Å². The van der Waals surface area contributed by atoms with Crippen LogP contribution in [0.5, 0.6) is 5.75 Å². The second kappa shape index (κ2) is 9.97. The van der Waals surface area contributed by atoms with Gasteiger partial charge in [-0.2, -0.15) is 5.26 Å². The van der Waals surface area contributed by atoms with Gasteiger partial charge in [-0.25, -0.2) is 4.79 Å². The van der Waals surface area contributed by atoms with E-state index in [4.69, 9.17) is 9.47 Å². The molecule has 7 nitrogen and oxygen atoms in total. The molecule has 29 heavy (non-hydrogen) atoms. The summed E-state index contributed by atoms with van der Waals surface area (Å²) in [7, 11) is 1.60. The number of alkyl carbamates (subject to hydrolysis) is 1. The molecular formula is C22H29N3O4. The zero-order valence-corrected chi connectivity index (χ0v) is 17.5. The zero-order valence-electron chi connectivity index (χ0n) is 17.5. The van der Waals surface area contributed by atoms with E-state index in [0.717, 1.165) is 17.7 Å². The number of nitriles is 1. The van der Waals surface area contributed by atoms with Gasteiger partial charge in [0, 0.05) is 6.54 Å². The second-order valence-corrected chi connectivity index (χ2v) is 7.96. The molecule has 0 aromatic heterocycles. The number of nitrogens with zero attached hydrogens (tertiary/aromatic N) is 2. The normalized spacial score (nSPS) is 17.6. The van der Waals surface area contributed by atoms with Crippen LogP contribution in [-0.4, -0.2) is 48.2 Å². The summed E-state index contributed by atoms with van der Waals surface area (Å²) in [5, 5.41) is 12.0. The first-order valence-electron chi connectivity index (χ1n) is 9.72. The Morgan fingerprint density at radius 1 is 1.34 bits per heavy atom. The van der Waals surface area contributed by atoms with Crippen molar-refractivity contribution in [3.63, 3.8) is 0 Å². The van der Waals surface area contributed by atoms with Gasteiger partial charge in [0.2, 0.25) is 5.91 Å². The van der Waals surface area contributed by atoms with Gasteiger partial charge in [-0.05, 0) is 51.3 Å². The third kappa shape index (κ3) is 7.15. The Balaban J connectivity index is 2.11. The van der Waals surface area contributed by atoms with Gasteiger partial charge in [0.05, 0.1) is 25.6 Å². The molecule has 1 aliphatic rings. The quantitative estimate of drug-likeness (QED) is 0.790. The highest BCUT2D eigenvalue weighted by molar-refractivity contribution is 5.79. The summed E-state index contributed by atoms with van der Waals surface area (Å²) in [5.74, 6) is 0.590. The highest BCUT2D eigenvalue weighted by Crippen LogP contribution is 2.19. The fourth-order valence-electron chi connectivity index (χ4n) is 3.07. The van der Waals surface area contributed by atoms with Crippen molar-refractivity contribution in [2.75, 3.05) is 13.7 Å². The van der Waals surface area contributed by atoms with Crippen LogP contribution >= 0.6 is 0 Å². The Morgan fingerprint density at radius 2 is 2.03 bits per heavy atom. The molecule has 1 aromatic rings. The first-order valence-corrected chi connectivity index (χ1v) is 9.72. The lowest BCUT2D eigenvalue weighted by Gasteiger charge is -2.24. The maximum atomic E-state index is 12.7. The molecule has 0 saturated carbocycles. The van der Waals surface area contributed by atoms with E-state index in [1.807, 2.05) is 30.3 Å². The summed E-state index contributed by atoms with van der Waals surface area (Å²) in [4.78, 5) is 26.5. The molecule has 1 unspecified atom stereocenters. The zero-order chi connectivity index (χ0) is 21.4. The number of hydrogen-bond donors (Lipinski definition) is 1. The lowest BCUT2D eigenvalue weighted by Crippen LogP contribution is -2.43. The van der Waals surface area contributed by atoms with E-state index in [9.17, 15) is 14.9 Å². The number of methoxy groups -OCH3 is 1. The van der Waals surface area contributed by atoms with Crippen LogP contribution in [0.3, 0.4) is 0 Å². The number of likely N-dealkylation sites (tertiary alicyclic amines) is 1. The number of hydrogen-bond acceptors (Lipinski definition) is 5. The molecular weight excluding hydrogens is 370 g/mol. The third-order valence-electron chi connectivity index (χ3n) is 4.46. The number of ether oxygens (including phenoxy) is 2. The number of amides is 2. The van der Waals surface area contributed by atoms with E-state index in [1.54, 1.807) is 38.9 Å². The lowest BCUT2D eigenvalue weighted by molar-refractivity contribution is -0.131. The summed E-state index contributed by atoms with van der Waals surface area (Å²) in [6.45, 7) is 5.91. The molecule has 0 radical (unpaired) electrons. The summed E-state index contributed by atoms with van der Waals surface area (Å²) < 4.78 is 10.5. The summed E-state index contributed by atoms with van der Waals surface area (Å²) in [6, 6.07) is 8.66. The predicted octanol–water partition coefficient (Wildman–Crippen LogP) is 3.51. The molecule has 2 rings (SSSR count). The maximum absolute atomic E-state index is 12.7. The molecule has 0 bridgehead atoms. The number of carbonyl (C=O) groups is 2. The van der Waals surface area contributed by atoms with E-state index < -0.39 is 23.8 Å². The highest BCUT2D eigenvalue weighted by atomic mass is 16.6. The van der Waals surface area contributed by atoms with Gasteiger partial charge in [-0.1, -0.05) is 24.3 Å². The highest BCUT2D eigenvalue weighted by Gasteiger charge is 2.30. The van der Waals surface area contributed by atoms with Crippen LogP contribution in [0, 0.1) is 11.3 Å². The smallest absolute Gasteiger partial charge is 0.408 e. The van der Waals surface area contributed by atoms with Crippen molar-refractivity contribution in [3.05, 3.63) is 35.9 Å². The predicted molar refractivity (Wildman–Crippen MR) is 110 cm³/mol. The minimum absolute atomic E-state index is 0.0596. The monoisotopic (exact) mass is 399 g/mol. The van der Waals surface area contributed by atoms with Crippen molar-refractivity contribution < 1.29 is 19.1 Å². The molecule has 1 heterocycles. The van der Waals surface area contributed by atoms with E-state index in [1.165, 1.54) is 0 Å². The Labute approximate surface area is 172 Å². The first-order chi connectivity index (χ1) is 13.7. The molecule has 2 atom stereocenters. The minimum atomic E-state index is -0.640. The van der Waals surface area contributed by atoms with Gasteiger partial charge >= 0.3 is 6.09 Å². The van der Waals surface area contributed by atoms with Crippen molar-refractivity contribution in [1.29, 1.82) is 5.26 Å². The van der Waals surface area contributed by atoms with Gasteiger partial charge < -0.3 is 19.7 Å². The van der Waals surface area contributed by atoms with Crippen LogP contribution in [0.25, 0.3) is 6.08 Å². The number of benzene rings is 1. The molecule has 1 aliphatic heterocycles. The van der Waals surface area contributed by atoms with Crippen LogP contribution in [-0.2, 0) is 9.53 Å². The summed E-state index contributed by atoms with van der Waals surface area (Å²) in [6.07, 6.45) is 4.57. The fourth-order valence-corrected chi connectivity index (χ4v) is 3.07. The second-order valence-electron chi connectivity index (χ2n) is 7.96. The van der Waals surface area contributed by atoms with Crippen LogP contribution in [0.4, 0.5) is 4.79 Å². The Kier molecular flexibility index (Phi) is 7.66. The Morgan fingerprint density at radius 3 is 2.62 bits per heavy atom. The molecule has 0 spiro atoms. The van der Waals surface area contributed by atoms with Crippen molar-refractivity contribution in [1.82, 2.24) is 10.2 Å². The molecule has 2 amide bonds. The van der Waals surface area contributed by atoms with Gasteiger partial charge in [0.15, 0.2) is 0 Å². The topological polar surface area (TPSA) is 91.7 Å². The fraction of sp³-hybridized carbons (Fsp3) is 0.500. The Bertz CT molecular complexity index is 775. The van der Waals surface area contributed by atoms with E-state index >= 15 is 0 Å². The largest absolute Gasteiger partial charge is 0.497 e. The SMILES string of the molecule is COc1ccc(C=CC(CC(=O)N2CCC[C@H]2C#N)NC(=O)OC(C)(C)C)cc1. The standard InChI is InChI=1S/C22H29N3O4/c1-22(2,3)29-21(27)24-17(10-7-16-8-11-19(28-4)12-9-16)14-20(26)25-13-5-6-18(25)15-23/h7-12,17-18H,5-6,13-14H2,1-4H3,(H,24,27)/t17?,18-/m0/s1. The lowest BCUT2D eigenvalue weighted by atomic mass is 10.1. The number of nitrogens with one attached hydrogen (secondary N) is 1. The molecule has 156 valence electrons. The van der Waals surface area contributed by atoms with Crippen LogP contribution in [0.2, 0.25) is 0 Å². The van der Waals surface area contributed by atoms with Crippen molar-refractivity contribution in [2.24, 2.45) is 0 Å². The van der Waals surface area contributed by atoms with Crippen molar-refractivity contribution in [3.8, 4) is 11.8 Å². The van der Waals surface area contributed by atoms with E-state index in [2.05, 4.69) is 11.4 Å². The van der Waals surface area contributed by atoms with E-state index in [0.29, 0.717) is 13.0 Å². The molecule has 1 aromatic carbocycles. The summed E-state index contributed by atoms with van der Waals surface area (Å²) in [5.41, 5.74) is 0.268. The van der Waals surface area contributed by atoms with Gasteiger partial charge in [-0.3, -0.25) is 4.79 Å². The van der Waals surface area contributed by atoms with Gasteiger partial charge in [0.25, 0.3) is 0 Å². The Hall–Kier alpha value is -3.01. The minimum Gasteiger partial charge on any atom is -0.497 e. The van der Waals surface area contributed by atoms with Crippen LogP contribution < -0.4 is 10.1 Å².